The van der Waals surface area contributed by atoms with E-state index in [1.165, 1.54) is 17.0 Å². The summed E-state index contributed by atoms with van der Waals surface area (Å²) in [4.78, 5) is 41.2. The second kappa shape index (κ2) is 12.7. The fourth-order valence-corrected chi connectivity index (χ4v) is 3.98. The van der Waals surface area contributed by atoms with E-state index in [1.807, 2.05) is 20.8 Å². The highest BCUT2D eigenvalue weighted by Crippen LogP contribution is 2.31. The number of halogens is 2. The first-order valence-electron chi connectivity index (χ1n) is 12.3. The lowest BCUT2D eigenvalue weighted by molar-refractivity contribution is -0.142. The molecule has 1 heterocycles. The number of anilines is 1. The lowest BCUT2D eigenvalue weighted by atomic mass is 9.98. The van der Waals surface area contributed by atoms with Gasteiger partial charge in [-0.15, -0.1) is 0 Å². The number of aryl methyl sites for hydroxylation is 1. The van der Waals surface area contributed by atoms with Crippen LogP contribution < -0.4 is 10.6 Å². The van der Waals surface area contributed by atoms with Crippen molar-refractivity contribution in [2.45, 2.75) is 65.1 Å². The van der Waals surface area contributed by atoms with Crippen LogP contribution in [0.3, 0.4) is 0 Å². The van der Waals surface area contributed by atoms with Gasteiger partial charge in [-0.05, 0) is 51.0 Å². The summed E-state index contributed by atoms with van der Waals surface area (Å²) in [5.74, 6) is -0.933. The molecule has 0 bridgehead atoms. The van der Waals surface area contributed by atoms with E-state index in [0.717, 1.165) is 0 Å². The molecule has 0 aliphatic heterocycles. The Balaban J connectivity index is 1.93. The quantitative estimate of drug-likeness (QED) is 0.329. The number of carbonyl (C=O) groups is 3. The first-order chi connectivity index (χ1) is 18.0. The number of carbonyl (C=O) groups excluding carboxylic acids is 3. The standard InChI is InChI=1S/C28H32ClFN4O4/c1-5-28(3,4)32-27(37)26(21-8-6-7-9-22(21)29)34(17-19-10-12-20(30)13-11-19)25(36)15-14-24(35)31-23-16-18(2)38-33-23/h6-13,16,26H,5,14-15,17H2,1-4H3,(H,32,37)(H,31,33,35)/t26-/m1/s1. The Kier molecular flexibility index (Phi) is 9.63. The normalized spacial score (nSPS) is 12.1. The van der Waals surface area contributed by atoms with Gasteiger partial charge >= 0.3 is 0 Å². The summed E-state index contributed by atoms with van der Waals surface area (Å²) in [6.07, 6.45) is 0.318. The minimum atomic E-state index is -1.09. The van der Waals surface area contributed by atoms with Gasteiger partial charge in [-0.2, -0.15) is 0 Å². The molecule has 8 nitrogen and oxygen atoms in total. The van der Waals surface area contributed by atoms with E-state index >= 15 is 0 Å². The van der Waals surface area contributed by atoms with Gasteiger partial charge in [-0.25, -0.2) is 4.39 Å². The van der Waals surface area contributed by atoms with Crippen molar-refractivity contribution in [2.75, 3.05) is 5.32 Å². The summed E-state index contributed by atoms with van der Waals surface area (Å²) in [5, 5.41) is 9.64. The Hall–Kier alpha value is -3.72. The zero-order chi connectivity index (χ0) is 27.9. The number of hydrogen-bond acceptors (Lipinski definition) is 5. The molecule has 2 N–H and O–H groups in total. The van der Waals surface area contributed by atoms with E-state index < -0.39 is 35.1 Å². The van der Waals surface area contributed by atoms with Crippen LogP contribution in [0, 0.1) is 12.7 Å². The van der Waals surface area contributed by atoms with Gasteiger partial charge in [0.15, 0.2) is 5.82 Å². The van der Waals surface area contributed by atoms with E-state index in [-0.39, 0.29) is 25.2 Å². The van der Waals surface area contributed by atoms with Crippen LogP contribution in [0.5, 0.6) is 0 Å². The first-order valence-corrected chi connectivity index (χ1v) is 12.7. The molecule has 0 aliphatic rings. The summed E-state index contributed by atoms with van der Waals surface area (Å²) in [5.41, 5.74) is 0.509. The summed E-state index contributed by atoms with van der Waals surface area (Å²) in [7, 11) is 0. The highest BCUT2D eigenvalue weighted by molar-refractivity contribution is 6.31. The van der Waals surface area contributed by atoms with Crippen molar-refractivity contribution in [3.8, 4) is 0 Å². The van der Waals surface area contributed by atoms with Gasteiger partial charge in [0.25, 0.3) is 0 Å². The lowest BCUT2D eigenvalue weighted by Gasteiger charge is -2.35. The minimum absolute atomic E-state index is 0.000916. The molecule has 3 aromatic rings. The van der Waals surface area contributed by atoms with Gasteiger partial charge in [0.2, 0.25) is 17.7 Å². The molecule has 1 atom stereocenters. The first kappa shape index (κ1) is 28.8. The summed E-state index contributed by atoms with van der Waals surface area (Å²) in [6, 6.07) is 13.0. The van der Waals surface area contributed by atoms with Gasteiger partial charge in [0, 0.05) is 41.6 Å². The molecule has 0 radical (unpaired) electrons. The van der Waals surface area contributed by atoms with Crippen LogP contribution in [0.2, 0.25) is 5.02 Å². The lowest BCUT2D eigenvalue weighted by Crippen LogP contribution is -2.50. The Morgan fingerprint density at radius 2 is 1.79 bits per heavy atom. The van der Waals surface area contributed by atoms with Crippen LogP contribution in [0.25, 0.3) is 0 Å². The van der Waals surface area contributed by atoms with Gasteiger partial charge in [0.05, 0.1) is 0 Å². The maximum atomic E-state index is 13.7. The Morgan fingerprint density at radius 3 is 2.39 bits per heavy atom. The number of nitrogens with zero attached hydrogens (tertiary/aromatic N) is 2. The Bertz CT molecular complexity index is 1280. The van der Waals surface area contributed by atoms with E-state index in [0.29, 0.717) is 28.3 Å². The van der Waals surface area contributed by atoms with Crippen LogP contribution >= 0.6 is 11.6 Å². The number of aromatic nitrogens is 1. The zero-order valence-electron chi connectivity index (χ0n) is 21.9. The average Bonchev–Trinajstić information content (AvgIpc) is 3.28. The van der Waals surface area contributed by atoms with Crippen LogP contribution in [0.1, 0.15) is 63.0 Å². The fraction of sp³-hybridized carbons (Fsp3) is 0.357. The molecule has 1 aromatic heterocycles. The summed E-state index contributed by atoms with van der Waals surface area (Å²) < 4.78 is 18.5. The number of amides is 3. The van der Waals surface area contributed by atoms with E-state index in [1.54, 1.807) is 49.4 Å². The topological polar surface area (TPSA) is 105 Å². The molecule has 0 saturated heterocycles. The van der Waals surface area contributed by atoms with Gasteiger partial charge in [-0.3, -0.25) is 14.4 Å². The van der Waals surface area contributed by atoms with Crippen LogP contribution in [0.15, 0.2) is 59.1 Å². The second-order valence-corrected chi connectivity index (χ2v) is 10.1. The SMILES string of the molecule is CCC(C)(C)NC(=O)[C@@H](c1ccccc1Cl)N(Cc1ccc(F)cc1)C(=O)CCC(=O)Nc1cc(C)on1. The smallest absolute Gasteiger partial charge is 0.247 e. The number of nitrogens with one attached hydrogen (secondary N) is 2. The number of rotatable bonds is 11. The average molecular weight is 543 g/mol. The molecular weight excluding hydrogens is 511 g/mol. The maximum Gasteiger partial charge on any atom is 0.247 e. The summed E-state index contributed by atoms with van der Waals surface area (Å²) in [6.45, 7) is 7.41. The molecule has 3 amide bonds. The molecular formula is C28H32ClFN4O4. The van der Waals surface area contributed by atoms with Crippen LogP contribution in [-0.4, -0.2) is 33.3 Å². The molecule has 0 aliphatic carbocycles. The van der Waals surface area contributed by atoms with Crippen molar-refractivity contribution in [3.05, 3.63) is 82.3 Å². The zero-order valence-corrected chi connectivity index (χ0v) is 22.6. The van der Waals surface area contributed by atoms with Crippen molar-refractivity contribution < 1.29 is 23.3 Å². The minimum Gasteiger partial charge on any atom is -0.360 e. The van der Waals surface area contributed by atoms with Crippen molar-refractivity contribution >= 4 is 35.1 Å². The van der Waals surface area contributed by atoms with Gasteiger partial charge < -0.3 is 20.1 Å². The molecule has 0 spiro atoms. The van der Waals surface area contributed by atoms with Crippen LogP contribution in [-0.2, 0) is 20.9 Å². The molecule has 38 heavy (non-hydrogen) atoms. The molecule has 10 heteroatoms. The molecule has 202 valence electrons. The highest BCUT2D eigenvalue weighted by atomic mass is 35.5. The van der Waals surface area contributed by atoms with Gasteiger partial charge in [0.1, 0.15) is 17.6 Å². The highest BCUT2D eigenvalue weighted by Gasteiger charge is 2.35. The van der Waals surface area contributed by atoms with E-state index in [4.69, 9.17) is 16.1 Å². The van der Waals surface area contributed by atoms with Crippen molar-refractivity contribution in [1.82, 2.24) is 15.4 Å². The molecule has 0 unspecified atom stereocenters. The summed E-state index contributed by atoms with van der Waals surface area (Å²) >= 11 is 6.51. The third-order valence-electron chi connectivity index (χ3n) is 6.15. The molecule has 0 saturated carbocycles. The van der Waals surface area contributed by atoms with Crippen molar-refractivity contribution in [3.63, 3.8) is 0 Å². The second-order valence-electron chi connectivity index (χ2n) is 9.67. The Morgan fingerprint density at radius 1 is 1.11 bits per heavy atom. The largest absolute Gasteiger partial charge is 0.360 e. The molecule has 0 fully saturated rings. The third-order valence-corrected chi connectivity index (χ3v) is 6.50. The van der Waals surface area contributed by atoms with E-state index in [9.17, 15) is 18.8 Å². The predicted molar refractivity (Wildman–Crippen MR) is 143 cm³/mol. The predicted octanol–water partition coefficient (Wildman–Crippen LogP) is 5.57. The monoisotopic (exact) mass is 542 g/mol. The molecule has 3 rings (SSSR count). The van der Waals surface area contributed by atoms with Crippen molar-refractivity contribution in [1.29, 1.82) is 0 Å². The molecule has 2 aromatic carbocycles. The number of hydrogen-bond donors (Lipinski definition) is 2. The third kappa shape index (κ3) is 7.89. The van der Waals surface area contributed by atoms with Crippen LogP contribution in [0.4, 0.5) is 10.2 Å². The van der Waals surface area contributed by atoms with Crippen molar-refractivity contribution in [2.24, 2.45) is 0 Å². The number of benzene rings is 2. The van der Waals surface area contributed by atoms with E-state index in [2.05, 4.69) is 15.8 Å². The maximum absolute atomic E-state index is 13.7. The van der Waals surface area contributed by atoms with Gasteiger partial charge in [-0.1, -0.05) is 54.0 Å². The fourth-order valence-electron chi connectivity index (χ4n) is 3.74. The Labute approximate surface area is 226 Å².